The van der Waals surface area contributed by atoms with Gasteiger partial charge in [-0.1, -0.05) is 6.42 Å². The van der Waals surface area contributed by atoms with Crippen molar-refractivity contribution in [2.75, 3.05) is 6.54 Å². The summed E-state index contributed by atoms with van der Waals surface area (Å²) in [6, 6.07) is -0.169. The van der Waals surface area contributed by atoms with Gasteiger partial charge in [0.1, 0.15) is 0 Å². The molecule has 0 aromatic carbocycles. The summed E-state index contributed by atoms with van der Waals surface area (Å²) in [7, 11) is 0. The van der Waals surface area contributed by atoms with E-state index in [-0.39, 0.29) is 43.2 Å². The maximum atomic E-state index is 13.0. The molecule has 0 saturated heterocycles. The lowest BCUT2D eigenvalue weighted by Crippen LogP contribution is -2.54. The molecule has 3 nitrogen and oxygen atoms in total. The second-order valence-electron chi connectivity index (χ2n) is 6.79. The minimum atomic E-state index is -4.23. The van der Waals surface area contributed by atoms with Crippen LogP contribution in [0.2, 0.25) is 0 Å². The molecule has 4 atom stereocenters. The molecule has 0 aliphatic heterocycles. The van der Waals surface area contributed by atoms with Crippen molar-refractivity contribution in [3.63, 3.8) is 0 Å². The fraction of sp³-hybridized carbons (Fsp3) is 0.929. The quantitative estimate of drug-likeness (QED) is 0.837. The highest BCUT2D eigenvalue weighted by molar-refractivity contribution is 5.80. The van der Waals surface area contributed by atoms with Gasteiger partial charge in [0, 0.05) is 12.6 Å². The van der Waals surface area contributed by atoms with Crippen LogP contribution in [0.5, 0.6) is 0 Å². The Hall–Kier alpha value is -0.780. The molecule has 3 aliphatic rings. The minimum absolute atomic E-state index is 0.125. The molecule has 1 amide bonds. The summed E-state index contributed by atoms with van der Waals surface area (Å²) in [6.07, 6.45) is -0.385. The van der Waals surface area contributed by atoms with Crippen molar-refractivity contribution in [2.45, 2.75) is 50.7 Å². The molecule has 3 N–H and O–H groups in total. The fourth-order valence-corrected chi connectivity index (χ4v) is 4.26. The van der Waals surface area contributed by atoms with Crippen LogP contribution in [0, 0.1) is 23.2 Å². The van der Waals surface area contributed by atoms with Crippen LogP contribution in [0.4, 0.5) is 13.2 Å². The third-order valence-electron chi connectivity index (χ3n) is 5.80. The molecular weight excluding hydrogens is 269 g/mol. The van der Waals surface area contributed by atoms with Gasteiger partial charge in [-0.05, 0) is 43.9 Å². The van der Waals surface area contributed by atoms with Crippen molar-refractivity contribution in [1.29, 1.82) is 0 Å². The zero-order valence-corrected chi connectivity index (χ0v) is 11.4. The maximum absolute atomic E-state index is 13.0. The monoisotopic (exact) mass is 290 g/mol. The highest BCUT2D eigenvalue weighted by Gasteiger charge is 2.58. The summed E-state index contributed by atoms with van der Waals surface area (Å²) in [5, 5.41) is 2.55. The Labute approximate surface area is 116 Å². The van der Waals surface area contributed by atoms with Crippen molar-refractivity contribution in [3.05, 3.63) is 0 Å². The molecule has 0 aromatic heterocycles. The van der Waals surface area contributed by atoms with Gasteiger partial charge < -0.3 is 11.1 Å². The number of halogens is 3. The van der Waals surface area contributed by atoms with Crippen LogP contribution in [0.25, 0.3) is 0 Å². The smallest absolute Gasteiger partial charge is 0.355 e. The number of alkyl halides is 3. The van der Waals surface area contributed by atoms with Crippen molar-refractivity contribution in [1.82, 2.24) is 5.32 Å². The topological polar surface area (TPSA) is 55.1 Å². The van der Waals surface area contributed by atoms with E-state index in [2.05, 4.69) is 5.32 Å². The lowest BCUT2D eigenvalue weighted by atomic mass is 9.68. The Morgan fingerprint density at radius 3 is 2.35 bits per heavy atom. The molecule has 3 fully saturated rings. The summed E-state index contributed by atoms with van der Waals surface area (Å²) < 4.78 is 39.1. The van der Waals surface area contributed by atoms with Crippen molar-refractivity contribution in [3.8, 4) is 0 Å². The van der Waals surface area contributed by atoms with Crippen LogP contribution in [0.1, 0.15) is 38.5 Å². The molecule has 114 valence electrons. The van der Waals surface area contributed by atoms with Gasteiger partial charge in [0.25, 0.3) is 0 Å². The van der Waals surface area contributed by atoms with Crippen LogP contribution in [0.15, 0.2) is 0 Å². The molecule has 0 heterocycles. The van der Waals surface area contributed by atoms with Gasteiger partial charge in [0.15, 0.2) is 0 Å². The average molecular weight is 290 g/mol. The Balaban J connectivity index is 1.60. The number of hydrogen-bond acceptors (Lipinski definition) is 2. The van der Waals surface area contributed by atoms with E-state index in [1.807, 2.05) is 0 Å². The van der Waals surface area contributed by atoms with Gasteiger partial charge in [0.2, 0.25) is 5.91 Å². The molecule has 20 heavy (non-hydrogen) atoms. The van der Waals surface area contributed by atoms with Crippen LogP contribution in [-0.2, 0) is 4.79 Å². The van der Waals surface area contributed by atoms with Crippen molar-refractivity contribution >= 4 is 5.91 Å². The molecule has 0 radical (unpaired) electrons. The fourth-order valence-electron chi connectivity index (χ4n) is 4.26. The highest BCUT2D eigenvalue weighted by atomic mass is 19.4. The average Bonchev–Trinajstić information content (AvgIpc) is 2.85. The molecule has 3 saturated carbocycles. The number of nitrogens with two attached hydrogens (primary N) is 1. The third-order valence-corrected chi connectivity index (χ3v) is 5.80. The SMILES string of the molecule is N[C@@H]1[C@H]2CC[C@H](C2)[C@@H]1C(=O)NCC1(C(F)(F)F)CCC1. The Morgan fingerprint density at radius 1 is 1.25 bits per heavy atom. The van der Waals surface area contributed by atoms with Crippen LogP contribution in [0.3, 0.4) is 0 Å². The Morgan fingerprint density at radius 2 is 1.90 bits per heavy atom. The van der Waals surface area contributed by atoms with Crippen LogP contribution >= 0.6 is 0 Å². The lowest BCUT2D eigenvalue weighted by Gasteiger charge is -2.43. The highest BCUT2D eigenvalue weighted by Crippen LogP contribution is 2.53. The van der Waals surface area contributed by atoms with Crippen LogP contribution in [-0.4, -0.2) is 24.7 Å². The van der Waals surface area contributed by atoms with E-state index >= 15 is 0 Å². The van der Waals surface area contributed by atoms with Crippen LogP contribution < -0.4 is 11.1 Å². The number of fused-ring (bicyclic) bond motifs is 2. The van der Waals surface area contributed by atoms with E-state index in [1.165, 1.54) is 0 Å². The molecule has 0 spiro atoms. The number of amides is 1. The van der Waals surface area contributed by atoms with E-state index in [0.717, 1.165) is 19.3 Å². The minimum Gasteiger partial charge on any atom is -0.355 e. The summed E-state index contributed by atoms with van der Waals surface area (Å²) in [5.41, 5.74) is 4.36. The van der Waals surface area contributed by atoms with E-state index in [0.29, 0.717) is 12.3 Å². The first kappa shape index (κ1) is 14.2. The normalized spacial score (nSPS) is 38.6. The Kier molecular flexibility index (Phi) is 3.27. The first-order valence-corrected chi connectivity index (χ1v) is 7.44. The first-order valence-electron chi connectivity index (χ1n) is 7.44. The van der Waals surface area contributed by atoms with E-state index in [9.17, 15) is 18.0 Å². The maximum Gasteiger partial charge on any atom is 0.396 e. The second-order valence-corrected chi connectivity index (χ2v) is 6.79. The molecule has 0 aromatic rings. The summed E-state index contributed by atoms with van der Waals surface area (Å²) in [6.45, 7) is -0.282. The lowest BCUT2D eigenvalue weighted by molar-refractivity contribution is -0.248. The number of nitrogens with one attached hydrogen (secondary N) is 1. The molecular formula is C14H21F3N2O. The molecule has 3 aliphatic carbocycles. The predicted octanol–water partition coefficient (Wildman–Crippen LogP) is 2.21. The van der Waals surface area contributed by atoms with Gasteiger partial charge in [-0.15, -0.1) is 0 Å². The zero-order valence-electron chi connectivity index (χ0n) is 11.4. The van der Waals surface area contributed by atoms with E-state index < -0.39 is 11.6 Å². The number of carbonyl (C=O) groups excluding carboxylic acids is 1. The summed E-state index contributed by atoms with van der Waals surface area (Å²) in [4.78, 5) is 12.2. The second kappa shape index (κ2) is 4.61. The molecule has 0 unspecified atom stereocenters. The predicted molar refractivity (Wildman–Crippen MR) is 67.6 cm³/mol. The third kappa shape index (κ3) is 2.03. The number of hydrogen-bond donors (Lipinski definition) is 2. The largest absolute Gasteiger partial charge is 0.396 e. The van der Waals surface area contributed by atoms with Crippen molar-refractivity contribution < 1.29 is 18.0 Å². The van der Waals surface area contributed by atoms with Gasteiger partial charge in [-0.25, -0.2) is 0 Å². The zero-order chi connectivity index (χ0) is 14.5. The van der Waals surface area contributed by atoms with Gasteiger partial charge in [-0.2, -0.15) is 13.2 Å². The first-order chi connectivity index (χ1) is 9.34. The number of carbonyl (C=O) groups is 1. The standard InChI is InChI=1S/C14H21F3N2O/c15-14(16,17)13(4-1-5-13)7-19-12(20)10-8-2-3-9(6-8)11(10)18/h8-11H,1-7,18H2,(H,19,20)/t8-,9+,10+,11-/m1/s1. The summed E-state index contributed by atoms with van der Waals surface area (Å²) in [5.74, 6) is 0.119. The van der Waals surface area contributed by atoms with Crippen molar-refractivity contribution in [2.24, 2.45) is 28.9 Å². The molecule has 2 bridgehead atoms. The van der Waals surface area contributed by atoms with Gasteiger partial charge in [0.05, 0.1) is 11.3 Å². The van der Waals surface area contributed by atoms with E-state index in [4.69, 9.17) is 5.73 Å². The van der Waals surface area contributed by atoms with E-state index in [1.54, 1.807) is 0 Å². The number of rotatable bonds is 3. The summed E-state index contributed by atoms with van der Waals surface area (Å²) >= 11 is 0. The van der Waals surface area contributed by atoms with Gasteiger partial charge in [-0.3, -0.25) is 4.79 Å². The molecule has 6 heteroatoms. The van der Waals surface area contributed by atoms with Gasteiger partial charge >= 0.3 is 6.18 Å². The Bertz CT molecular complexity index is 404. The molecule has 3 rings (SSSR count).